The van der Waals surface area contributed by atoms with Gasteiger partial charge in [0.1, 0.15) is 6.61 Å². The van der Waals surface area contributed by atoms with Crippen molar-refractivity contribution in [1.82, 2.24) is 0 Å². The van der Waals surface area contributed by atoms with Crippen molar-refractivity contribution in [3.05, 3.63) is 46.3 Å². The summed E-state index contributed by atoms with van der Waals surface area (Å²) >= 11 is 0. The molecule has 0 saturated carbocycles. The van der Waals surface area contributed by atoms with Gasteiger partial charge in [0.05, 0.1) is 12.3 Å². The minimum absolute atomic E-state index is 0.188. The Labute approximate surface area is 123 Å². The molecule has 0 radical (unpaired) electrons. The Morgan fingerprint density at radius 2 is 2.05 bits per heavy atom. The van der Waals surface area contributed by atoms with Gasteiger partial charge in [0.2, 0.25) is 0 Å². The fourth-order valence-corrected chi connectivity index (χ4v) is 1.49. The molecular formula is C14H18N4O3. The van der Waals surface area contributed by atoms with Crippen LogP contribution in [-0.4, -0.2) is 23.8 Å². The summed E-state index contributed by atoms with van der Waals surface area (Å²) in [5.41, 5.74) is 8.29. The average Bonchev–Trinajstić information content (AvgIpc) is 2.48. The highest BCUT2D eigenvalue weighted by Crippen LogP contribution is 2.16. The van der Waals surface area contributed by atoms with Gasteiger partial charge in [-0.25, -0.2) is 0 Å². The molecule has 7 nitrogen and oxygen atoms in total. The smallest absolute Gasteiger partial charge is 0.323 e. The minimum Gasteiger partial charge on any atom is -0.465 e. The highest BCUT2D eigenvalue weighted by Gasteiger charge is 2.38. The molecule has 0 aliphatic rings. The molecular weight excluding hydrogens is 272 g/mol. The standard InChI is InChI=1S/C14H18N4O3/c1-4-20-13(19)14(3,17-18-15)11(2)16-21-10-12-8-6-5-7-9-12/h5-9H,4,10H2,1-3H3/b16-11+. The lowest BCUT2D eigenvalue weighted by Gasteiger charge is -2.20. The highest BCUT2D eigenvalue weighted by atomic mass is 16.6. The first-order chi connectivity index (χ1) is 10.0. The monoisotopic (exact) mass is 290 g/mol. The molecule has 0 aliphatic heterocycles. The molecule has 21 heavy (non-hydrogen) atoms. The van der Waals surface area contributed by atoms with Gasteiger partial charge in [-0.1, -0.05) is 40.6 Å². The van der Waals surface area contributed by atoms with Gasteiger partial charge in [-0.05, 0) is 31.9 Å². The normalized spacial score (nSPS) is 13.8. The minimum atomic E-state index is -1.51. The van der Waals surface area contributed by atoms with E-state index in [1.807, 2.05) is 30.3 Å². The lowest BCUT2D eigenvalue weighted by Crippen LogP contribution is -2.41. The van der Waals surface area contributed by atoms with Gasteiger partial charge in [-0.15, -0.1) is 0 Å². The van der Waals surface area contributed by atoms with Crippen LogP contribution >= 0.6 is 0 Å². The number of nitrogens with zero attached hydrogens (tertiary/aromatic N) is 4. The molecule has 1 atom stereocenters. The van der Waals surface area contributed by atoms with E-state index in [2.05, 4.69) is 15.2 Å². The second-order valence-corrected chi connectivity index (χ2v) is 4.42. The number of carbonyl (C=O) groups is 1. The van der Waals surface area contributed by atoms with E-state index in [1.54, 1.807) is 13.8 Å². The van der Waals surface area contributed by atoms with Crippen LogP contribution in [0.4, 0.5) is 0 Å². The molecule has 0 N–H and O–H groups in total. The fourth-order valence-electron chi connectivity index (χ4n) is 1.49. The third-order valence-corrected chi connectivity index (χ3v) is 2.90. The van der Waals surface area contributed by atoms with Crippen LogP contribution in [0.15, 0.2) is 40.6 Å². The van der Waals surface area contributed by atoms with Crippen LogP contribution in [-0.2, 0) is 21.0 Å². The zero-order chi connectivity index (χ0) is 15.7. The van der Waals surface area contributed by atoms with Crippen LogP contribution in [0.25, 0.3) is 10.4 Å². The first kappa shape index (κ1) is 16.5. The van der Waals surface area contributed by atoms with Crippen molar-refractivity contribution in [3.63, 3.8) is 0 Å². The molecule has 7 heteroatoms. The van der Waals surface area contributed by atoms with Crippen molar-refractivity contribution in [3.8, 4) is 0 Å². The molecule has 0 aromatic heterocycles. The molecule has 1 rings (SSSR count). The third kappa shape index (κ3) is 4.50. The summed E-state index contributed by atoms with van der Waals surface area (Å²) in [5.74, 6) is -0.660. The number of carbonyl (C=O) groups excluding carboxylic acids is 1. The van der Waals surface area contributed by atoms with E-state index in [9.17, 15) is 4.79 Å². The Balaban J connectivity index is 2.80. The SMILES string of the molecule is CCOC(=O)C(C)(N=[N+]=[N-])/C(C)=N/OCc1ccccc1. The van der Waals surface area contributed by atoms with E-state index in [-0.39, 0.29) is 18.9 Å². The molecule has 0 amide bonds. The molecule has 0 aliphatic carbocycles. The van der Waals surface area contributed by atoms with Crippen molar-refractivity contribution < 1.29 is 14.4 Å². The second-order valence-electron chi connectivity index (χ2n) is 4.42. The van der Waals surface area contributed by atoms with Crippen molar-refractivity contribution in [2.24, 2.45) is 10.3 Å². The summed E-state index contributed by atoms with van der Waals surface area (Å²) in [4.78, 5) is 19.8. The number of azide groups is 1. The molecule has 0 fully saturated rings. The number of rotatable bonds is 7. The molecule has 0 heterocycles. The zero-order valence-electron chi connectivity index (χ0n) is 12.3. The summed E-state index contributed by atoms with van der Waals surface area (Å²) in [6, 6.07) is 9.46. The molecule has 1 aromatic rings. The predicted molar refractivity (Wildman–Crippen MR) is 78.5 cm³/mol. The predicted octanol–water partition coefficient (Wildman–Crippen LogP) is 3.21. The number of hydrogen-bond acceptors (Lipinski definition) is 5. The Bertz CT molecular complexity index is 553. The lowest BCUT2D eigenvalue weighted by atomic mass is 9.98. The number of benzene rings is 1. The van der Waals surface area contributed by atoms with Crippen molar-refractivity contribution in [2.75, 3.05) is 6.61 Å². The molecule has 1 aromatic carbocycles. The van der Waals surface area contributed by atoms with Gasteiger partial charge in [0.15, 0.2) is 5.54 Å². The van der Waals surface area contributed by atoms with Crippen LogP contribution in [0, 0.1) is 0 Å². The van der Waals surface area contributed by atoms with Gasteiger partial charge in [0.25, 0.3) is 0 Å². The Kier molecular flexibility index (Phi) is 6.23. The Morgan fingerprint density at radius 3 is 2.62 bits per heavy atom. The number of hydrogen-bond donors (Lipinski definition) is 0. The zero-order valence-corrected chi connectivity index (χ0v) is 12.3. The Hall–Kier alpha value is -2.53. The summed E-state index contributed by atoms with van der Waals surface area (Å²) in [7, 11) is 0. The van der Waals surface area contributed by atoms with Gasteiger partial charge < -0.3 is 9.57 Å². The van der Waals surface area contributed by atoms with Gasteiger partial charge in [-0.2, -0.15) is 0 Å². The van der Waals surface area contributed by atoms with E-state index in [1.165, 1.54) is 6.92 Å². The number of ether oxygens (including phenoxy) is 1. The molecule has 112 valence electrons. The molecule has 0 spiro atoms. The van der Waals surface area contributed by atoms with Gasteiger partial charge >= 0.3 is 5.97 Å². The molecule has 1 unspecified atom stereocenters. The molecule has 0 bridgehead atoms. The first-order valence-corrected chi connectivity index (χ1v) is 6.49. The van der Waals surface area contributed by atoms with E-state index in [0.29, 0.717) is 0 Å². The van der Waals surface area contributed by atoms with E-state index in [0.717, 1.165) is 5.56 Å². The first-order valence-electron chi connectivity index (χ1n) is 6.49. The summed E-state index contributed by atoms with van der Waals surface area (Å²) in [6.45, 7) is 5.11. The number of esters is 1. The van der Waals surface area contributed by atoms with Crippen LogP contribution in [0.5, 0.6) is 0 Å². The quantitative estimate of drug-likeness (QED) is 0.192. The van der Waals surface area contributed by atoms with E-state index >= 15 is 0 Å². The van der Waals surface area contributed by atoms with Crippen molar-refractivity contribution in [1.29, 1.82) is 0 Å². The summed E-state index contributed by atoms with van der Waals surface area (Å²) in [5, 5.41) is 7.36. The topological polar surface area (TPSA) is 96.7 Å². The van der Waals surface area contributed by atoms with E-state index in [4.69, 9.17) is 15.1 Å². The number of oxime groups is 1. The maximum Gasteiger partial charge on any atom is 0.323 e. The maximum atomic E-state index is 11.9. The fraction of sp³-hybridized carbons (Fsp3) is 0.429. The van der Waals surface area contributed by atoms with Crippen LogP contribution in [0.1, 0.15) is 26.3 Å². The maximum absolute atomic E-state index is 11.9. The lowest BCUT2D eigenvalue weighted by molar-refractivity contribution is -0.146. The largest absolute Gasteiger partial charge is 0.465 e. The summed E-state index contributed by atoms with van der Waals surface area (Å²) in [6.07, 6.45) is 0. The summed E-state index contributed by atoms with van der Waals surface area (Å²) < 4.78 is 4.91. The highest BCUT2D eigenvalue weighted by molar-refractivity contribution is 6.09. The van der Waals surface area contributed by atoms with Crippen LogP contribution < -0.4 is 0 Å². The van der Waals surface area contributed by atoms with Gasteiger partial charge in [0, 0.05) is 4.91 Å². The molecule has 0 saturated heterocycles. The van der Waals surface area contributed by atoms with Gasteiger partial charge in [-0.3, -0.25) is 4.79 Å². The van der Waals surface area contributed by atoms with Crippen molar-refractivity contribution in [2.45, 2.75) is 32.9 Å². The van der Waals surface area contributed by atoms with Crippen LogP contribution in [0.2, 0.25) is 0 Å². The second kappa shape index (κ2) is 7.91. The van der Waals surface area contributed by atoms with E-state index < -0.39 is 11.5 Å². The Morgan fingerprint density at radius 1 is 1.38 bits per heavy atom. The average molecular weight is 290 g/mol. The van der Waals surface area contributed by atoms with Crippen LogP contribution in [0.3, 0.4) is 0 Å². The third-order valence-electron chi connectivity index (χ3n) is 2.90. The van der Waals surface area contributed by atoms with Crippen molar-refractivity contribution >= 4 is 11.7 Å².